The van der Waals surface area contributed by atoms with Crippen LogP contribution in [0.1, 0.15) is 10.4 Å². The average Bonchev–Trinajstić information content (AvgIpc) is 2.81. The molecule has 0 atom stereocenters. The third kappa shape index (κ3) is 4.95. The van der Waals surface area contributed by atoms with Crippen LogP contribution in [0.4, 0.5) is 11.5 Å². The van der Waals surface area contributed by atoms with Gasteiger partial charge in [0.2, 0.25) is 0 Å². The molecule has 1 saturated heterocycles. The van der Waals surface area contributed by atoms with Crippen molar-refractivity contribution in [3.8, 4) is 0 Å². The van der Waals surface area contributed by atoms with Crippen LogP contribution in [0.3, 0.4) is 0 Å². The summed E-state index contributed by atoms with van der Waals surface area (Å²) in [6.07, 6.45) is 4.95. The van der Waals surface area contributed by atoms with Crippen LogP contribution in [0, 0.1) is 0 Å². The number of anilines is 2. The summed E-state index contributed by atoms with van der Waals surface area (Å²) in [4.78, 5) is 25.1. The van der Waals surface area contributed by atoms with Gasteiger partial charge in [-0.3, -0.25) is 14.5 Å². The number of carbonyl (C=O) groups is 1. The van der Waals surface area contributed by atoms with Gasteiger partial charge in [0, 0.05) is 49.8 Å². The van der Waals surface area contributed by atoms with Crippen molar-refractivity contribution in [2.45, 2.75) is 4.90 Å². The van der Waals surface area contributed by atoms with Crippen LogP contribution in [0.5, 0.6) is 0 Å². The predicted octanol–water partition coefficient (Wildman–Crippen LogP) is 3.55. The van der Waals surface area contributed by atoms with Crippen molar-refractivity contribution in [1.82, 2.24) is 14.9 Å². The van der Waals surface area contributed by atoms with Crippen molar-refractivity contribution >= 4 is 50.6 Å². The Morgan fingerprint density at radius 2 is 1.75 bits per heavy atom. The van der Waals surface area contributed by atoms with Crippen molar-refractivity contribution in [1.29, 1.82) is 0 Å². The van der Waals surface area contributed by atoms with Gasteiger partial charge in [0.1, 0.15) is 5.82 Å². The molecule has 0 radical (unpaired) electrons. The molecule has 11 heteroatoms. The number of nitrogens with zero attached hydrogens (tertiary/aromatic N) is 4. The Kier molecular flexibility index (Phi) is 6.50. The number of piperazine rings is 1. The first-order valence-electron chi connectivity index (χ1n) is 9.72. The topological polar surface area (TPSA) is 95.5 Å². The van der Waals surface area contributed by atoms with Gasteiger partial charge >= 0.3 is 0 Å². The second-order valence-electron chi connectivity index (χ2n) is 7.11. The minimum Gasteiger partial charge on any atom is -0.352 e. The molecular weight excluding hydrogens is 473 g/mol. The van der Waals surface area contributed by atoms with Gasteiger partial charge in [-0.25, -0.2) is 13.4 Å². The van der Waals surface area contributed by atoms with Gasteiger partial charge < -0.3 is 9.80 Å². The largest absolute Gasteiger partial charge is 0.352 e. The number of amides is 1. The van der Waals surface area contributed by atoms with E-state index in [-0.39, 0.29) is 26.5 Å². The van der Waals surface area contributed by atoms with E-state index < -0.39 is 10.0 Å². The number of nitrogens with one attached hydrogen (secondary N) is 1. The summed E-state index contributed by atoms with van der Waals surface area (Å²) < 4.78 is 27.9. The van der Waals surface area contributed by atoms with E-state index in [2.05, 4.69) is 19.6 Å². The fourth-order valence-corrected chi connectivity index (χ4v) is 4.79. The Morgan fingerprint density at radius 1 is 0.969 bits per heavy atom. The lowest BCUT2D eigenvalue weighted by Crippen LogP contribution is -2.49. The highest BCUT2D eigenvalue weighted by Crippen LogP contribution is 2.26. The highest BCUT2D eigenvalue weighted by molar-refractivity contribution is 7.92. The van der Waals surface area contributed by atoms with Crippen LogP contribution in [0.2, 0.25) is 10.0 Å². The van der Waals surface area contributed by atoms with Crippen LogP contribution < -0.4 is 9.62 Å². The number of hydrogen-bond donors (Lipinski definition) is 1. The molecule has 2 aromatic carbocycles. The summed E-state index contributed by atoms with van der Waals surface area (Å²) in [6, 6.07) is 10.5. The molecule has 1 aromatic heterocycles. The summed E-state index contributed by atoms with van der Waals surface area (Å²) in [7, 11) is -3.90. The van der Waals surface area contributed by atoms with E-state index in [1.54, 1.807) is 41.7 Å². The lowest BCUT2D eigenvalue weighted by atomic mass is 10.1. The first kappa shape index (κ1) is 22.3. The number of rotatable bonds is 5. The van der Waals surface area contributed by atoms with E-state index >= 15 is 0 Å². The molecule has 32 heavy (non-hydrogen) atoms. The molecule has 2 heterocycles. The van der Waals surface area contributed by atoms with E-state index in [1.165, 1.54) is 24.3 Å². The number of aromatic nitrogens is 2. The molecule has 4 rings (SSSR count). The Labute approximate surface area is 195 Å². The highest BCUT2D eigenvalue weighted by Gasteiger charge is 2.23. The summed E-state index contributed by atoms with van der Waals surface area (Å²) in [6.45, 7) is 2.31. The summed E-state index contributed by atoms with van der Waals surface area (Å²) in [5, 5.41) is 0.400. The smallest absolute Gasteiger partial charge is 0.261 e. The Balaban J connectivity index is 1.44. The van der Waals surface area contributed by atoms with Crippen LogP contribution in [0.15, 0.2) is 66.0 Å². The minimum atomic E-state index is -3.90. The second-order valence-corrected chi connectivity index (χ2v) is 9.60. The highest BCUT2D eigenvalue weighted by atomic mass is 35.5. The van der Waals surface area contributed by atoms with Gasteiger partial charge in [-0.2, -0.15) is 0 Å². The van der Waals surface area contributed by atoms with Crippen molar-refractivity contribution in [3.05, 3.63) is 76.7 Å². The maximum absolute atomic E-state index is 13.0. The van der Waals surface area contributed by atoms with E-state index in [9.17, 15) is 13.2 Å². The average molecular weight is 492 g/mol. The summed E-state index contributed by atoms with van der Waals surface area (Å²) >= 11 is 11.8. The molecular formula is C21H19Cl2N5O3S. The van der Waals surface area contributed by atoms with Crippen LogP contribution >= 0.6 is 23.2 Å². The fraction of sp³-hybridized carbons (Fsp3) is 0.190. The fourth-order valence-electron chi connectivity index (χ4n) is 3.35. The van der Waals surface area contributed by atoms with Crippen molar-refractivity contribution in [3.63, 3.8) is 0 Å². The molecule has 166 valence electrons. The second kappa shape index (κ2) is 9.32. The molecule has 0 spiro atoms. The van der Waals surface area contributed by atoms with E-state index in [1.807, 2.05) is 0 Å². The maximum atomic E-state index is 13.0. The summed E-state index contributed by atoms with van der Waals surface area (Å²) in [5.74, 6) is 0.609. The molecule has 1 N–H and O–H groups in total. The van der Waals surface area contributed by atoms with E-state index in [0.717, 1.165) is 5.82 Å². The summed E-state index contributed by atoms with van der Waals surface area (Å²) in [5.41, 5.74) is 0.674. The SMILES string of the molecule is O=C(c1cccc(NS(=O)(=O)c2ccc(Cl)c(Cl)c2)c1)N1CCN(c2cnccn2)CC1. The predicted molar refractivity (Wildman–Crippen MR) is 124 cm³/mol. The van der Waals surface area contributed by atoms with Crippen molar-refractivity contribution in [2.75, 3.05) is 35.8 Å². The van der Waals surface area contributed by atoms with Crippen molar-refractivity contribution in [2.24, 2.45) is 0 Å². The molecule has 1 fully saturated rings. The number of carbonyl (C=O) groups excluding carboxylic acids is 1. The van der Waals surface area contributed by atoms with E-state index in [0.29, 0.717) is 31.7 Å². The zero-order chi connectivity index (χ0) is 22.7. The number of hydrogen-bond acceptors (Lipinski definition) is 6. The minimum absolute atomic E-state index is 0.0243. The molecule has 0 unspecified atom stereocenters. The Morgan fingerprint density at radius 3 is 2.44 bits per heavy atom. The van der Waals surface area contributed by atoms with Gasteiger partial charge in [-0.1, -0.05) is 29.3 Å². The number of halogens is 2. The lowest BCUT2D eigenvalue weighted by Gasteiger charge is -2.35. The van der Waals surface area contributed by atoms with Crippen molar-refractivity contribution < 1.29 is 13.2 Å². The lowest BCUT2D eigenvalue weighted by molar-refractivity contribution is 0.0746. The quantitative estimate of drug-likeness (QED) is 0.586. The van der Waals surface area contributed by atoms with Gasteiger partial charge in [-0.05, 0) is 36.4 Å². The molecule has 1 amide bonds. The van der Waals surface area contributed by atoms with Crippen LogP contribution in [-0.4, -0.2) is 55.4 Å². The van der Waals surface area contributed by atoms with Gasteiger partial charge in [0.05, 0.1) is 21.1 Å². The molecule has 8 nitrogen and oxygen atoms in total. The molecule has 0 aliphatic carbocycles. The number of benzene rings is 2. The van der Waals surface area contributed by atoms with Gasteiger partial charge in [-0.15, -0.1) is 0 Å². The maximum Gasteiger partial charge on any atom is 0.261 e. The first-order valence-corrected chi connectivity index (χ1v) is 12.0. The zero-order valence-electron chi connectivity index (χ0n) is 16.8. The number of sulfonamides is 1. The monoisotopic (exact) mass is 491 g/mol. The standard InChI is InChI=1S/C21H19Cl2N5O3S/c22-18-5-4-17(13-19(18)23)32(30,31)26-16-3-1-2-15(12-16)21(29)28-10-8-27(9-11-28)20-14-24-6-7-25-20/h1-7,12-14,26H,8-11H2. The Bertz CT molecular complexity index is 1230. The molecule has 0 saturated carbocycles. The van der Waals surface area contributed by atoms with Crippen LogP contribution in [0.25, 0.3) is 0 Å². The third-order valence-electron chi connectivity index (χ3n) is 5.00. The van der Waals surface area contributed by atoms with Gasteiger partial charge in [0.25, 0.3) is 15.9 Å². The van der Waals surface area contributed by atoms with Gasteiger partial charge in [0.15, 0.2) is 0 Å². The first-order chi connectivity index (χ1) is 15.3. The Hall–Kier alpha value is -2.88. The molecule has 1 aliphatic rings. The molecule has 1 aliphatic heterocycles. The normalized spacial score (nSPS) is 14.3. The van der Waals surface area contributed by atoms with Crippen LogP contribution in [-0.2, 0) is 10.0 Å². The zero-order valence-corrected chi connectivity index (χ0v) is 19.1. The molecule has 3 aromatic rings. The third-order valence-corrected chi connectivity index (χ3v) is 7.12. The molecule has 0 bridgehead atoms. The van der Waals surface area contributed by atoms with E-state index in [4.69, 9.17) is 23.2 Å².